The Labute approximate surface area is 117 Å². The van der Waals surface area contributed by atoms with Crippen LogP contribution < -0.4 is 5.73 Å². The molecule has 0 fully saturated rings. The topological polar surface area (TPSA) is 58.9 Å². The van der Waals surface area contributed by atoms with Crippen molar-refractivity contribution in [1.29, 1.82) is 0 Å². The molecule has 3 heteroatoms. The van der Waals surface area contributed by atoms with Crippen molar-refractivity contribution in [3.05, 3.63) is 64.8 Å². The van der Waals surface area contributed by atoms with E-state index in [-0.39, 0.29) is 5.78 Å². The van der Waals surface area contributed by atoms with Crippen molar-refractivity contribution in [1.82, 2.24) is 4.98 Å². The molecule has 0 unspecified atom stereocenters. The number of carbonyl (C=O) groups is 1. The lowest BCUT2D eigenvalue weighted by Gasteiger charge is -2.05. The van der Waals surface area contributed by atoms with Crippen LogP contribution >= 0.6 is 0 Å². The van der Waals surface area contributed by atoms with Gasteiger partial charge in [0.05, 0.1) is 0 Å². The Morgan fingerprint density at radius 3 is 2.60 bits per heavy atom. The molecule has 3 rings (SSSR count). The molecular weight excluding hydrogens is 248 g/mol. The quantitative estimate of drug-likeness (QED) is 0.549. The molecule has 0 spiro atoms. The van der Waals surface area contributed by atoms with Crippen LogP contribution in [0.15, 0.2) is 42.6 Å². The van der Waals surface area contributed by atoms with Gasteiger partial charge in [-0.2, -0.15) is 0 Å². The molecule has 2 aromatic carbocycles. The molecule has 0 bridgehead atoms. The normalized spacial score (nSPS) is 10.9. The Kier molecular flexibility index (Phi) is 2.83. The number of anilines is 1. The van der Waals surface area contributed by atoms with Crippen molar-refractivity contribution in [3.63, 3.8) is 0 Å². The van der Waals surface area contributed by atoms with Gasteiger partial charge in [-0.3, -0.25) is 4.79 Å². The Morgan fingerprint density at radius 1 is 1.05 bits per heavy atom. The number of aromatic nitrogens is 1. The molecule has 1 aromatic heterocycles. The van der Waals surface area contributed by atoms with Crippen LogP contribution in [0.1, 0.15) is 27.0 Å². The van der Waals surface area contributed by atoms with Crippen LogP contribution in [0, 0.1) is 13.8 Å². The number of carbonyl (C=O) groups excluding carboxylic acids is 1. The summed E-state index contributed by atoms with van der Waals surface area (Å²) in [6.45, 7) is 3.94. The van der Waals surface area contributed by atoms with Crippen LogP contribution in [0.25, 0.3) is 10.9 Å². The second-order valence-electron chi connectivity index (χ2n) is 5.15. The molecule has 0 aliphatic rings. The third kappa shape index (κ3) is 1.97. The maximum absolute atomic E-state index is 12.7. The predicted octanol–water partition coefficient (Wildman–Crippen LogP) is 3.60. The number of ketones is 1. The SMILES string of the molecule is Cc1ccc2c(C(=O)c3ccc(N)cc3C)c[nH]c2c1. The summed E-state index contributed by atoms with van der Waals surface area (Å²) in [5.74, 6) is 0.0256. The highest BCUT2D eigenvalue weighted by molar-refractivity contribution is 6.17. The van der Waals surface area contributed by atoms with Gasteiger partial charge < -0.3 is 10.7 Å². The minimum Gasteiger partial charge on any atom is -0.399 e. The number of fused-ring (bicyclic) bond motifs is 1. The van der Waals surface area contributed by atoms with Gasteiger partial charge >= 0.3 is 0 Å². The Balaban J connectivity index is 2.13. The summed E-state index contributed by atoms with van der Waals surface area (Å²) in [7, 11) is 0. The largest absolute Gasteiger partial charge is 0.399 e. The van der Waals surface area contributed by atoms with Crippen molar-refractivity contribution >= 4 is 22.4 Å². The summed E-state index contributed by atoms with van der Waals surface area (Å²) >= 11 is 0. The average Bonchev–Trinajstić information content (AvgIpc) is 2.80. The highest BCUT2D eigenvalue weighted by Gasteiger charge is 2.16. The molecule has 0 aliphatic carbocycles. The predicted molar refractivity (Wildman–Crippen MR) is 82.1 cm³/mol. The summed E-state index contributed by atoms with van der Waals surface area (Å²) < 4.78 is 0. The van der Waals surface area contributed by atoms with E-state index in [1.807, 2.05) is 38.1 Å². The van der Waals surface area contributed by atoms with Crippen molar-refractivity contribution in [2.24, 2.45) is 0 Å². The first-order valence-corrected chi connectivity index (χ1v) is 6.55. The highest BCUT2D eigenvalue weighted by Crippen LogP contribution is 2.24. The number of rotatable bonds is 2. The van der Waals surface area contributed by atoms with Crippen LogP contribution in [0.4, 0.5) is 5.69 Å². The van der Waals surface area contributed by atoms with E-state index in [1.165, 1.54) is 5.56 Å². The number of hydrogen-bond acceptors (Lipinski definition) is 2. The summed E-state index contributed by atoms with van der Waals surface area (Å²) in [6, 6.07) is 11.4. The maximum Gasteiger partial charge on any atom is 0.195 e. The zero-order chi connectivity index (χ0) is 14.3. The molecule has 0 saturated carbocycles. The fraction of sp³-hybridized carbons (Fsp3) is 0.118. The standard InChI is InChI=1S/C17H16N2O/c1-10-3-5-14-15(9-19-16(14)7-10)17(20)13-6-4-12(18)8-11(13)2/h3-9,19H,18H2,1-2H3. The first-order valence-electron chi connectivity index (χ1n) is 6.55. The van der Waals surface area contributed by atoms with E-state index >= 15 is 0 Å². The molecule has 0 radical (unpaired) electrons. The molecule has 1 heterocycles. The van der Waals surface area contributed by atoms with Crippen LogP contribution in [-0.4, -0.2) is 10.8 Å². The molecule has 0 saturated heterocycles. The van der Waals surface area contributed by atoms with Gasteiger partial charge in [-0.05, 0) is 49.2 Å². The lowest BCUT2D eigenvalue weighted by Crippen LogP contribution is -2.03. The molecule has 3 N–H and O–H groups in total. The van der Waals surface area contributed by atoms with Gasteiger partial charge in [0, 0.05) is 33.9 Å². The van der Waals surface area contributed by atoms with E-state index in [0.29, 0.717) is 16.8 Å². The van der Waals surface area contributed by atoms with Gasteiger partial charge in [-0.15, -0.1) is 0 Å². The number of aromatic amines is 1. The van der Waals surface area contributed by atoms with E-state index in [9.17, 15) is 4.79 Å². The molecule has 0 amide bonds. The smallest absolute Gasteiger partial charge is 0.195 e. The Bertz CT molecular complexity index is 815. The molecular formula is C17H16N2O. The monoisotopic (exact) mass is 264 g/mol. The van der Waals surface area contributed by atoms with Crippen molar-refractivity contribution < 1.29 is 4.79 Å². The second kappa shape index (κ2) is 4.53. The number of nitrogens with one attached hydrogen (secondary N) is 1. The van der Waals surface area contributed by atoms with E-state index in [2.05, 4.69) is 4.98 Å². The summed E-state index contributed by atoms with van der Waals surface area (Å²) in [6.07, 6.45) is 1.78. The fourth-order valence-corrected chi connectivity index (χ4v) is 2.51. The van der Waals surface area contributed by atoms with Crippen molar-refractivity contribution in [2.45, 2.75) is 13.8 Å². The zero-order valence-corrected chi connectivity index (χ0v) is 11.5. The van der Waals surface area contributed by atoms with Crippen LogP contribution in [-0.2, 0) is 0 Å². The van der Waals surface area contributed by atoms with Crippen molar-refractivity contribution in [2.75, 3.05) is 5.73 Å². The third-order valence-electron chi connectivity index (χ3n) is 3.58. The fourth-order valence-electron chi connectivity index (χ4n) is 2.51. The van der Waals surface area contributed by atoms with Gasteiger partial charge in [0.1, 0.15) is 0 Å². The van der Waals surface area contributed by atoms with Crippen LogP contribution in [0.2, 0.25) is 0 Å². The first-order chi connectivity index (χ1) is 9.56. The van der Waals surface area contributed by atoms with Gasteiger partial charge in [0.2, 0.25) is 0 Å². The summed E-state index contributed by atoms with van der Waals surface area (Å²) in [4.78, 5) is 15.8. The average molecular weight is 264 g/mol. The maximum atomic E-state index is 12.7. The molecule has 3 nitrogen and oxygen atoms in total. The van der Waals surface area contributed by atoms with E-state index < -0.39 is 0 Å². The summed E-state index contributed by atoms with van der Waals surface area (Å²) in [5, 5.41) is 0.955. The van der Waals surface area contributed by atoms with Crippen LogP contribution in [0.3, 0.4) is 0 Å². The number of hydrogen-bond donors (Lipinski definition) is 2. The van der Waals surface area contributed by atoms with E-state index in [4.69, 9.17) is 5.73 Å². The lowest BCUT2D eigenvalue weighted by atomic mass is 9.98. The van der Waals surface area contributed by atoms with E-state index in [0.717, 1.165) is 16.5 Å². The number of benzene rings is 2. The minimum absolute atomic E-state index is 0.0256. The highest BCUT2D eigenvalue weighted by atomic mass is 16.1. The number of H-pyrrole nitrogens is 1. The molecule has 0 aliphatic heterocycles. The summed E-state index contributed by atoms with van der Waals surface area (Å²) in [5.41, 5.74) is 10.9. The van der Waals surface area contributed by atoms with Gasteiger partial charge in [0.25, 0.3) is 0 Å². The van der Waals surface area contributed by atoms with Gasteiger partial charge in [0.15, 0.2) is 5.78 Å². The van der Waals surface area contributed by atoms with Crippen molar-refractivity contribution in [3.8, 4) is 0 Å². The first kappa shape index (κ1) is 12.5. The van der Waals surface area contributed by atoms with E-state index in [1.54, 1.807) is 18.3 Å². The molecule has 0 atom stereocenters. The minimum atomic E-state index is 0.0256. The second-order valence-corrected chi connectivity index (χ2v) is 5.15. The van der Waals surface area contributed by atoms with Gasteiger partial charge in [-0.1, -0.05) is 12.1 Å². The Morgan fingerprint density at radius 2 is 1.85 bits per heavy atom. The Hall–Kier alpha value is -2.55. The number of nitrogen functional groups attached to an aromatic ring is 1. The van der Waals surface area contributed by atoms with Gasteiger partial charge in [-0.25, -0.2) is 0 Å². The number of aryl methyl sites for hydroxylation is 2. The number of nitrogens with two attached hydrogens (primary N) is 1. The van der Waals surface area contributed by atoms with Crippen LogP contribution in [0.5, 0.6) is 0 Å². The molecule has 20 heavy (non-hydrogen) atoms. The molecule has 100 valence electrons. The zero-order valence-electron chi connectivity index (χ0n) is 11.5. The molecule has 3 aromatic rings. The third-order valence-corrected chi connectivity index (χ3v) is 3.58. The lowest BCUT2D eigenvalue weighted by molar-refractivity contribution is 0.104.